The lowest BCUT2D eigenvalue weighted by Gasteiger charge is -2.18. The van der Waals surface area contributed by atoms with Crippen molar-refractivity contribution >= 4 is 45.9 Å². The monoisotopic (exact) mass is 522 g/mol. The lowest BCUT2D eigenvalue weighted by molar-refractivity contribution is -0.392. The van der Waals surface area contributed by atoms with Gasteiger partial charge in [-0.15, -0.1) is 23.5 Å². The van der Waals surface area contributed by atoms with Crippen LogP contribution < -0.4 is 5.32 Å². The third kappa shape index (κ3) is 6.36. The Labute approximate surface area is 219 Å². The second-order valence-electron chi connectivity index (χ2n) is 8.43. The van der Waals surface area contributed by atoms with Gasteiger partial charge in [0.1, 0.15) is 12.7 Å². The standard InChI is InChI=1S/C26H30N6O2S2/c1-4-7-26(35-13-12-31-19(3)28-17-25(31)32(33)34)36-24-10-11-27-23(18(24)2)16-29-21-14-20-8-5-6-9-22(20)30-15-21/h5-6,8-11,14-15,17,26,29H,4,7,12-13,16H2,1-3H3. The van der Waals surface area contributed by atoms with Gasteiger partial charge in [0, 0.05) is 29.2 Å². The predicted octanol–water partition coefficient (Wildman–Crippen LogP) is 6.62. The Morgan fingerprint density at radius 1 is 1.14 bits per heavy atom. The number of rotatable bonds is 12. The number of benzene rings is 1. The first-order valence-corrected chi connectivity index (χ1v) is 13.9. The molecular weight excluding hydrogens is 492 g/mol. The molecular formula is C26H30N6O2S2. The molecule has 0 saturated heterocycles. The molecule has 1 aromatic carbocycles. The van der Waals surface area contributed by atoms with Crippen molar-refractivity contribution in [3.05, 3.63) is 82.2 Å². The van der Waals surface area contributed by atoms with Gasteiger partial charge >= 0.3 is 5.82 Å². The molecule has 1 atom stereocenters. The summed E-state index contributed by atoms with van der Waals surface area (Å²) in [6, 6.07) is 12.3. The maximum atomic E-state index is 11.3. The number of anilines is 1. The molecule has 4 rings (SSSR count). The minimum absolute atomic E-state index is 0.0523. The van der Waals surface area contributed by atoms with E-state index in [9.17, 15) is 10.1 Å². The van der Waals surface area contributed by atoms with Crippen molar-refractivity contribution < 1.29 is 4.92 Å². The number of pyridine rings is 2. The number of nitrogens with zero attached hydrogens (tertiary/aromatic N) is 5. The van der Waals surface area contributed by atoms with Crippen molar-refractivity contribution in [2.75, 3.05) is 11.1 Å². The van der Waals surface area contributed by atoms with Crippen molar-refractivity contribution in [1.82, 2.24) is 19.5 Å². The summed E-state index contributed by atoms with van der Waals surface area (Å²) in [6.45, 7) is 7.30. The molecule has 0 aliphatic rings. The van der Waals surface area contributed by atoms with E-state index < -0.39 is 0 Å². The summed E-state index contributed by atoms with van der Waals surface area (Å²) in [5, 5.41) is 15.8. The fourth-order valence-electron chi connectivity index (χ4n) is 3.93. The first-order valence-electron chi connectivity index (χ1n) is 11.9. The highest BCUT2D eigenvalue weighted by Crippen LogP contribution is 2.36. The Morgan fingerprint density at radius 2 is 1.97 bits per heavy atom. The van der Waals surface area contributed by atoms with Gasteiger partial charge < -0.3 is 15.4 Å². The molecule has 3 aromatic heterocycles. The first kappa shape index (κ1) is 26.0. The maximum Gasteiger partial charge on any atom is 0.342 e. The molecule has 1 unspecified atom stereocenters. The first-order chi connectivity index (χ1) is 17.5. The zero-order chi connectivity index (χ0) is 25.5. The van der Waals surface area contributed by atoms with Crippen LogP contribution in [0, 0.1) is 24.0 Å². The number of imidazole rings is 1. The van der Waals surface area contributed by atoms with Gasteiger partial charge in [0.05, 0.1) is 34.2 Å². The molecule has 3 heterocycles. The topological polar surface area (TPSA) is 98.8 Å². The van der Waals surface area contributed by atoms with E-state index in [0.29, 0.717) is 23.5 Å². The van der Waals surface area contributed by atoms with Crippen LogP contribution in [-0.4, -0.2) is 34.8 Å². The highest BCUT2D eigenvalue weighted by Gasteiger charge is 2.19. The number of hydrogen-bond acceptors (Lipinski definition) is 8. The van der Waals surface area contributed by atoms with E-state index in [-0.39, 0.29) is 10.7 Å². The molecule has 0 radical (unpaired) electrons. The van der Waals surface area contributed by atoms with Crippen LogP contribution in [0.25, 0.3) is 10.9 Å². The Kier molecular flexibility index (Phi) is 8.82. The Morgan fingerprint density at radius 3 is 2.78 bits per heavy atom. The van der Waals surface area contributed by atoms with Crippen LogP contribution in [0.1, 0.15) is 36.8 Å². The van der Waals surface area contributed by atoms with Gasteiger partial charge in [0.2, 0.25) is 0 Å². The van der Waals surface area contributed by atoms with Crippen LogP contribution >= 0.6 is 23.5 Å². The van der Waals surface area contributed by atoms with E-state index >= 15 is 0 Å². The van der Waals surface area contributed by atoms with Crippen LogP contribution in [0.2, 0.25) is 0 Å². The van der Waals surface area contributed by atoms with E-state index in [0.717, 1.165) is 40.9 Å². The third-order valence-corrected chi connectivity index (χ3v) is 8.85. The normalized spacial score (nSPS) is 12.1. The molecule has 0 bridgehead atoms. The van der Waals surface area contributed by atoms with Crippen molar-refractivity contribution in [3.8, 4) is 0 Å². The molecule has 1 N–H and O–H groups in total. The van der Waals surface area contributed by atoms with E-state index in [1.165, 1.54) is 16.7 Å². The SMILES string of the molecule is CCCC(SCCn1c([N+](=O)[O-])cnc1C)Sc1ccnc(CNc2cnc3ccccc3c2)c1C. The van der Waals surface area contributed by atoms with Crippen LogP contribution in [0.15, 0.2) is 59.9 Å². The van der Waals surface area contributed by atoms with Crippen molar-refractivity contribution in [2.45, 2.75) is 56.2 Å². The smallest absolute Gasteiger partial charge is 0.342 e. The number of hydrogen-bond donors (Lipinski definition) is 1. The van der Waals surface area contributed by atoms with Gasteiger partial charge in [0.15, 0.2) is 5.82 Å². The van der Waals surface area contributed by atoms with Gasteiger partial charge in [-0.25, -0.2) is 9.55 Å². The molecule has 8 nitrogen and oxygen atoms in total. The molecule has 10 heteroatoms. The van der Waals surface area contributed by atoms with Gasteiger partial charge in [-0.2, -0.15) is 0 Å². The van der Waals surface area contributed by atoms with Crippen molar-refractivity contribution in [1.29, 1.82) is 0 Å². The highest BCUT2D eigenvalue weighted by atomic mass is 32.2. The fraction of sp³-hybridized carbons (Fsp3) is 0.346. The number of aromatic nitrogens is 4. The lowest BCUT2D eigenvalue weighted by atomic mass is 10.2. The van der Waals surface area contributed by atoms with Gasteiger partial charge in [-0.1, -0.05) is 31.5 Å². The number of nitrogens with one attached hydrogen (secondary N) is 1. The molecule has 188 valence electrons. The molecule has 0 aliphatic heterocycles. The zero-order valence-electron chi connectivity index (χ0n) is 20.7. The number of thioether (sulfide) groups is 2. The van der Waals surface area contributed by atoms with Gasteiger partial charge in [-0.3, -0.25) is 9.97 Å². The summed E-state index contributed by atoms with van der Waals surface area (Å²) in [6.07, 6.45) is 7.19. The number of fused-ring (bicyclic) bond motifs is 1. The van der Waals surface area contributed by atoms with Crippen LogP contribution in [-0.2, 0) is 13.1 Å². The van der Waals surface area contributed by atoms with Crippen molar-refractivity contribution in [3.63, 3.8) is 0 Å². The fourth-order valence-corrected chi connectivity index (χ4v) is 6.82. The Balaban J connectivity index is 1.39. The van der Waals surface area contributed by atoms with E-state index in [2.05, 4.69) is 52.3 Å². The van der Waals surface area contributed by atoms with Crippen LogP contribution in [0.5, 0.6) is 0 Å². The Bertz CT molecular complexity index is 1340. The largest absolute Gasteiger partial charge is 0.378 e. The predicted molar refractivity (Wildman–Crippen MR) is 149 cm³/mol. The van der Waals surface area contributed by atoms with Crippen LogP contribution in [0.4, 0.5) is 11.5 Å². The molecule has 0 aliphatic carbocycles. The van der Waals surface area contributed by atoms with E-state index in [1.54, 1.807) is 11.5 Å². The maximum absolute atomic E-state index is 11.3. The molecule has 4 aromatic rings. The summed E-state index contributed by atoms with van der Waals surface area (Å²) in [4.78, 5) is 25.4. The third-order valence-electron chi connectivity index (χ3n) is 5.93. The van der Waals surface area contributed by atoms with E-state index in [1.807, 2.05) is 54.1 Å². The molecule has 0 fully saturated rings. The van der Waals surface area contributed by atoms with Crippen LogP contribution in [0.3, 0.4) is 0 Å². The lowest BCUT2D eigenvalue weighted by Crippen LogP contribution is -2.09. The van der Waals surface area contributed by atoms with Crippen molar-refractivity contribution in [2.24, 2.45) is 0 Å². The summed E-state index contributed by atoms with van der Waals surface area (Å²) in [7, 11) is 0. The molecule has 0 saturated carbocycles. The quantitative estimate of drug-likeness (QED) is 0.0960. The second kappa shape index (κ2) is 12.2. The van der Waals surface area contributed by atoms with Gasteiger partial charge in [0.25, 0.3) is 0 Å². The number of aryl methyl sites for hydroxylation is 1. The highest BCUT2D eigenvalue weighted by molar-refractivity contribution is 8.17. The summed E-state index contributed by atoms with van der Waals surface area (Å²) < 4.78 is 2.04. The van der Waals surface area contributed by atoms with E-state index in [4.69, 9.17) is 0 Å². The summed E-state index contributed by atoms with van der Waals surface area (Å²) in [5.41, 5.74) is 4.13. The number of para-hydroxylation sites is 1. The minimum atomic E-state index is -0.368. The minimum Gasteiger partial charge on any atom is -0.378 e. The molecule has 0 spiro atoms. The summed E-state index contributed by atoms with van der Waals surface area (Å²) >= 11 is 3.70. The zero-order valence-corrected chi connectivity index (χ0v) is 22.3. The Hall–Kier alpha value is -3.11. The average Bonchev–Trinajstić information content (AvgIpc) is 3.25. The second-order valence-corrected chi connectivity index (χ2v) is 11.3. The molecule has 0 amide bonds. The van der Waals surface area contributed by atoms with Gasteiger partial charge in [-0.05, 0) is 42.0 Å². The molecule has 36 heavy (non-hydrogen) atoms. The number of nitro groups is 1. The summed E-state index contributed by atoms with van der Waals surface area (Å²) in [5.74, 6) is 1.51. The average molecular weight is 523 g/mol.